The van der Waals surface area contributed by atoms with Crippen LogP contribution < -0.4 is 5.32 Å². The quantitative estimate of drug-likeness (QED) is 0.787. The van der Waals surface area contributed by atoms with E-state index in [9.17, 15) is 0 Å². The number of rotatable bonds is 4. The van der Waals surface area contributed by atoms with E-state index in [2.05, 4.69) is 74.4 Å². The number of nitrogens with zero attached hydrogens (tertiary/aromatic N) is 4. The predicted molar refractivity (Wildman–Crippen MR) is 97.4 cm³/mol. The highest BCUT2D eigenvalue weighted by Crippen LogP contribution is 2.23. The third kappa shape index (κ3) is 3.25. The van der Waals surface area contributed by atoms with Gasteiger partial charge in [-0.1, -0.05) is 58.0 Å². The molecule has 0 amide bonds. The Bertz CT molecular complexity index is 817. The van der Waals surface area contributed by atoms with Crippen LogP contribution in [0.25, 0.3) is 5.65 Å². The van der Waals surface area contributed by atoms with E-state index in [4.69, 9.17) is 5.10 Å². The molecule has 126 valence electrons. The van der Waals surface area contributed by atoms with Crippen LogP contribution in [0.4, 0.5) is 5.82 Å². The largest absolute Gasteiger partial charge is 0.366 e. The molecule has 2 heterocycles. The molecule has 0 fully saturated rings. The van der Waals surface area contributed by atoms with Crippen molar-refractivity contribution in [3.8, 4) is 0 Å². The van der Waals surface area contributed by atoms with Gasteiger partial charge >= 0.3 is 0 Å². The monoisotopic (exact) mass is 323 g/mol. The van der Waals surface area contributed by atoms with Gasteiger partial charge in [-0.25, -0.2) is 0 Å². The van der Waals surface area contributed by atoms with Crippen molar-refractivity contribution in [2.75, 3.05) is 5.32 Å². The van der Waals surface area contributed by atoms with Crippen LogP contribution in [0.2, 0.25) is 0 Å². The first-order chi connectivity index (χ1) is 11.4. The molecule has 0 aliphatic rings. The Labute approximate surface area is 143 Å². The van der Waals surface area contributed by atoms with E-state index < -0.39 is 0 Å². The minimum absolute atomic E-state index is 0.103. The number of hydrogen-bond acceptors (Lipinski definition) is 4. The lowest BCUT2D eigenvalue weighted by atomic mass is 9.94. The normalized spacial score (nSPS) is 14.5. The standard InChI is InChI=1S/C19H25N5/c1-13(15-9-7-6-8-10-15)14(2)20-16-11-12-17-21-22-18(19(3,4)5)24(17)23-16/h6-14H,1-5H3,(H,20,23). The fourth-order valence-corrected chi connectivity index (χ4v) is 2.74. The molecule has 0 radical (unpaired) electrons. The Kier molecular flexibility index (Phi) is 4.26. The van der Waals surface area contributed by atoms with Gasteiger partial charge in [0.25, 0.3) is 0 Å². The molecule has 2 atom stereocenters. The van der Waals surface area contributed by atoms with E-state index >= 15 is 0 Å². The summed E-state index contributed by atoms with van der Waals surface area (Å²) in [4.78, 5) is 0. The zero-order chi connectivity index (χ0) is 17.3. The zero-order valence-corrected chi connectivity index (χ0v) is 15.0. The van der Waals surface area contributed by atoms with Crippen LogP contribution in [0.1, 0.15) is 51.9 Å². The first-order valence-corrected chi connectivity index (χ1v) is 8.40. The highest BCUT2D eigenvalue weighted by Gasteiger charge is 2.22. The van der Waals surface area contributed by atoms with Crippen LogP contribution in [0.15, 0.2) is 42.5 Å². The summed E-state index contributed by atoms with van der Waals surface area (Å²) in [6.45, 7) is 10.8. The molecule has 3 aromatic rings. The number of anilines is 1. The number of nitrogens with one attached hydrogen (secondary N) is 1. The molecule has 0 saturated heterocycles. The Morgan fingerprint density at radius 2 is 1.67 bits per heavy atom. The van der Waals surface area contributed by atoms with Gasteiger partial charge in [0.1, 0.15) is 5.82 Å². The average Bonchev–Trinajstić information content (AvgIpc) is 2.98. The lowest BCUT2D eigenvalue weighted by Gasteiger charge is -2.22. The molecule has 0 saturated carbocycles. The second kappa shape index (κ2) is 6.23. The Balaban J connectivity index is 1.85. The van der Waals surface area contributed by atoms with Gasteiger partial charge in [0.05, 0.1) is 0 Å². The van der Waals surface area contributed by atoms with Gasteiger partial charge in [-0.15, -0.1) is 15.3 Å². The van der Waals surface area contributed by atoms with Crippen LogP contribution in [-0.4, -0.2) is 25.9 Å². The molecule has 0 aliphatic heterocycles. The van der Waals surface area contributed by atoms with Gasteiger partial charge in [-0.3, -0.25) is 0 Å². The van der Waals surface area contributed by atoms with Gasteiger partial charge < -0.3 is 5.32 Å². The van der Waals surface area contributed by atoms with Crippen molar-refractivity contribution >= 4 is 11.5 Å². The van der Waals surface area contributed by atoms with Crippen molar-refractivity contribution in [2.24, 2.45) is 0 Å². The van der Waals surface area contributed by atoms with Crippen LogP contribution in [0.3, 0.4) is 0 Å². The fourth-order valence-electron chi connectivity index (χ4n) is 2.74. The fraction of sp³-hybridized carbons (Fsp3) is 0.421. The zero-order valence-electron chi connectivity index (χ0n) is 15.0. The molecule has 2 aromatic heterocycles. The smallest absolute Gasteiger partial charge is 0.178 e. The van der Waals surface area contributed by atoms with Gasteiger partial charge in [-0.2, -0.15) is 4.52 Å². The van der Waals surface area contributed by atoms with Crippen molar-refractivity contribution < 1.29 is 0 Å². The van der Waals surface area contributed by atoms with E-state index in [0.717, 1.165) is 17.3 Å². The number of fused-ring (bicyclic) bond motifs is 1. The summed E-state index contributed by atoms with van der Waals surface area (Å²) in [5.74, 6) is 2.08. The molecule has 0 bridgehead atoms. The van der Waals surface area contributed by atoms with Gasteiger partial charge in [0.2, 0.25) is 0 Å². The van der Waals surface area contributed by atoms with Crippen molar-refractivity contribution in [1.29, 1.82) is 0 Å². The summed E-state index contributed by atoms with van der Waals surface area (Å²) in [5, 5.41) is 16.7. The molecule has 3 rings (SSSR count). The second-order valence-electron chi connectivity index (χ2n) is 7.39. The van der Waals surface area contributed by atoms with Crippen molar-refractivity contribution in [2.45, 2.75) is 52.0 Å². The first kappa shape index (κ1) is 16.4. The highest BCUT2D eigenvalue weighted by molar-refractivity contribution is 5.45. The molecular formula is C19H25N5. The Morgan fingerprint density at radius 3 is 2.33 bits per heavy atom. The summed E-state index contributed by atoms with van der Waals surface area (Å²) in [6.07, 6.45) is 0. The lowest BCUT2D eigenvalue weighted by molar-refractivity contribution is 0.526. The molecule has 5 nitrogen and oxygen atoms in total. The summed E-state index contributed by atoms with van der Waals surface area (Å²) >= 11 is 0. The van der Waals surface area contributed by atoms with Gasteiger partial charge in [0, 0.05) is 17.4 Å². The van der Waals surface area contributed by atoms with E-state index in [0.29, 0.717) is 5.92 Å². The minimum Gasteiger partial charge on any atom is -0.366 e. The molecule has 1 N–H and O–H groups in total. The third-order valence-electron chi connectivity index (χ3n) is 4.38. The predicted octanol–water partition coefficient (Wildman–Crippen LogP) is 4.03. The van der Waals surface area contributed by atoms with E-state index in [1.165, 1.54) is 5.56 Å². The Morgan fingerprint density at radius 1 is 0.958 bits per heavy atom. The summed E-state index contributed by atoms with van der Waals surface area (Å²) in [7, 11) is 0. The molecule has 5 heteroatoms. The van der Waals surface area contributed by atoms with Crippen LogP contribution >= 0.6 is 0 Å². The SMILES string of the molecule is CC(Nc1ccc2nnc(C(C)(C)C)n2n1)C(C)c1ccccc1. The minimum atomic E-state index is -0.103. The van der Waals surface area contributed by atoms with E-state index in [-0.39, 0.29) is 11.5 Å². The van der Waals surface area contributed by atoms with E-state index in [1.54, 1.807) is 0 Å². The average molecular weight is 323 g/mol. The number of aromatic nitrogens is 4. The summed E-state index contributed by atoms with van der Waals surface area (Å²) in [5.41, 5.74) is 1.99. The first-order valence-electron chi connectivity index (χ1n) is 8.40. The number of hydrogen-bond donors (Lipinski definition) is 1. The van der Waals surface area contributed by atoms with Crippen LogP contribution in [0.5, 0.6) is 0 Å². The summed E-state index contributed by atoms with van der Waals surface area (Å²) in [6, 6.07) is 14.7. The molecular weight excluding hydrogens is 298 g/mol. The van der Waals surface area contributed by atoms with Crippen molar-refractivity contribution in [3.63, 3.8) is 0 Å². The second-order valence-corrected chi connectivity index (χ2v) is 7.39. The molecule has 24 heavy (non-hydrogen) atoms. The maximum Gasteiger partial charge on any atom is 0.178 e. The van der Waals surface area contributed by atoms with Gasteiger partial charge in [0.15, 0.2) is 11.5 Å². The maximum atomic E-state index is 4.70. The highest BCUT2D eigenvalue weighted by atomic mass is 15.4. The maximum absolute atomic E-state index is 4.70. The topological polar surface area (TPSA) is 55.1 Å². The molecule has 0 aliphatic carbocycles. The molecule has 0 spiro atoms. The summed E-state index contributed by atoms with van der Waals surface area (Å²) < 4.78 is 1.84. The van der Waals surface area contributed by atoms with E-state index in [1.807, 2.05) is 22.7 Å². The molecule has 2 unspecified atom stereocenters. The van der Waals surface area contributed by atoms with Gasteiger partial charge in [-0.05, 0) is 24.6 Å². The van der Waals surface area contributed by atoms with Crippen molar-refractivity contribution in [1.82, 2.24) is 19.8 Å². The Hall–Kier alpha value is -2.43. The number of benzene rings is 1. The van der Waals surface area contributed by atoms with Crippen molar-refractivity contribution in [3.05, 3.63) is 53.9 Å². The third-order valence-corrected chi connectivity index (χ3v) is 4.38. The molecule has 1 aromatic carbocycles. The van der Waals surface area contributed by atoms with Crippen LogP contribution in [-0.2, 0) is 5.41 Å². The lowest BCUT2D eigenvalue weighted by Crippen LogP contribution is -2.24. The van der Waals surface area contributed by atoms with Crippen LogP contribution in [0, 0.1) is 0 Å².